The second-order valence-electron chi connectivity index (χ2n) is 2.60. The van der Waals surface area contributed by atoms with Crippen LogP contribution in [0.5, 0.6) is 0 Å². The number of hydrogen-bond donors (Lipinski definition) is 1. The molecule has 0 aliphatic rings. The molecule has 1 aromatic rings. The molecule has 0 spiro atoms. The van der Waals surface area contributed by atoms with Crippen molar-refractivity contribution in [2.45, 2.75) is 20.4 Å². The second kappa shape index (κ2) is 3.19. The topological polar surface area (TPSA) is 48.0 Å². The molecule has 1 aromatic heterocycles. The van der Waals surface area contributed by atoms with Crippen LogP contribution in [0, 0.1) is 6.92 Å². The van der Waals surface area contributed by atoms with E-state index in [2.05, 4.69) is 0 Å². The van der Waals surface area contributed by atoms with Gasteiger partial charge in [-0.1, -0.05) is 11.6 Å². The van der Waals surface area contributed by atoms with E-state index >= 15 is 0 Å². The lowest BCUT2D eigenvalue weighted by atomic mass is 10.3. The largest absolute Gasteiger partial charge is 0.393 e. The maximum absolute atomic E-state index is 11.4. The average Bonchev–Trinajstić information content (AvgIpc) is 2.01. The van der Waals surface area contributed by atoms with Crippen LogP contribution < -0.4 is 11.3 Å². The third kappa shape index (κ3) is 1.32. The Morgan fingerprint density at radius 1 is 1.67 bits per heavy atom. The predicted molar refractivity (Wildman–Crippen MR) is 50.5 cm³/mol. The molecule has 66 valence electrons. The van der Waals surface area contributed by atoms with Gasteiger partial charge >= 0.3 is 0 Å². The monoisotopic (exact) mass is 186 g/mol. The molecule has 0 bridgehead atoms. The van der Waals surface area contributed by atoms with Crippen LogP contribution in [0.4, 0.5) is 5.69 Å². The van der Waals surface area contributed by atoms with Gasteiger partial charge in [0.05, 0.1) is 5.02 Å². The number of aromatic nitrogens is 1. The molecule has 1 rings (SSSR count). The van der Waals surface area contributed by atoms with Crippen molar-refractivity contribution in [3.8, 4) is 0 Å². The van der Waals surface area contributed by atoms with Gasteiger partial charge in [-0.15, -0.1) is 0 Å². The Morgan fingerprint density at radius 2 is 2.25 bits per heavy atom. The van der Waals surface area contributed by atoms with Gasteiger partial charge in [-0.25, -0.2) is 0 Å². The van der Waals surface area contributed by atoms with E-state index in [0.29, 0.717) is 11.6 Å². The van der Waals surface area contributed by atoms with Crippen LogP contribution >= 0.6 is 11.6 Å². The molecule has 0 saturated heterocycles. The van der Waals surface area contributed by atoms with Gasteiger partial charge in [-0.2, -0.15) is 0 Å². The lowest BCUT2D eigenvalue weighted by Gasteiger charge is -2.08. The van der Waals surface area contributed by atoms with Gasteiger partial charge in [-0.3, -0.25) is 4.79 Å². The third-order valence-electron chi connectivity index (χ3n) is 1.81. The Kier molecular flexibility index (Phi) is 2.43. The SMILES string of the molecule is CCn1c(C)cc(Cl)c(N)c1=O. The number of nitrogens with zero attached hydrogens (tertiary/aromatic N) is 1. The van der Waals surface area contributed by atoms with Crippen molar-refractivity contribution in [3.63, 3.8) is 0 Å². The molecule has 0 radical (unpaired) electrons. The summed E-state index contributed by atoms with van der Waals surface area (Å²) in [6, 6.07) is 1.70. The van der Waals surface area contributed by atoms with E-state index < -0.39 is 0 Å². The number of aryl methyl sites for hydroxylation is 1. The Balaban J connectivity index is 3.52. The maximum Gasteiger partial charge on any atom is 0.275 e. The van der Waals surface area contributed by atoms with Gasteiger partial charge in [-0.05, 0) is 19.9 Å². The summed E-state index contributed by atoms with van der Waals surface area (Å²) in [4.78, 5) is 11.4. The summed E-state index contributed by atoms with van der Waals surface area (Å²) in [6.45, 7) is 4.34. The molecule has 0 aliphatic heterocycles. The highest BCUT2D eigenvalue weighted by molar-refractivity contribution is 6.33. The number of anilines is 1. The molecule has 0 atom stereocenters. The van der Waals surface area contributed by atoms with Crippen molar-refractivity contribution >= 4 is 17.3 Å². The van der Waals surface area contributed by atoms with Crippen LogP contribution in [0.25, 0.3) is 0 Å². The van der Waals surface area contributed by atoms with Gasteiger partial charge < -0.3 is 10.3 Å². The summed E-state index contributed by atoms with van der Waals surface area (Å²) in [5, 5.41) is 0.335. The number of pyridine rings is 1. The van der Waals surface area contributed by atoms with Crippen LogP contribution in [-0.4, -0.2) is 4.57 Å². The lowest BCUT2D eigenvalue weighted by molar-refractivity contribution is 0.703. The second-order valence-corrected chi connectivity index (χ2v) is 3.00. The Bertz CT molecular complexity index is 357. The number of halogens is 1. The minimum absolute atomic E-state index is 0.129. The first-order valence-electron chi connectivity index (χ1n) is 3.73. The molecular formula is C8H11ClN2O. The molecule has 0 aromatic carbocycles. The third-order valence-corrected chi connectivity index (χ3v) is 2.12. The fourth-order valence-corrected chi connectivity index (χ4v) is 1.38. The molecule has 0 saturated carbocycles. The van der Waals surface area contributed by atoms with Gasteiger partial charge in [0.1, 0.15) is 5.69 Å². The standard InChI is InChI=1S/C8H11ClN2O/c1-3-11-5(2)4-6(9)7(10)8(11)12/h4H,3,10H2,1-2H3. The van der Waals surface area contributed by atoms with E-state index in [1.165, 1.54) is 0 Å². The normalized spacial score (nSPS) is 10.2. The molecule has 0 aliphatic carbocycles. The lowest BCUT2D eigenvalue weighted by Crippen LogP contribution is -2.24. The molecular weight excluding hydrogens is 176 g/mol. The first-order valence-corrected chi connectivity index (χ1v) is 4.11. The van der Waals surface area contributed by atoms with Gasteiger partial charge in [0, 0.05) is 12.2 Å². The first kappa shape index (κ1) is 9.13. The fourth-order valence-electron chi connectivity index (χ4n) is 1.14. The quantitative estimate of drug-likeness (QED) is 0.721. The summed E-state index contributed by atoms with van der Waals surface area (Å²) in [5.74, 6) is 0. The highest BCUT2D eigenvalue weighted by atomic mass is 35.5. The summed E-state index contributed by atoms with van der Waals surface area (Å²) in [5.41, 5.74) is 6.22. The van der Waals surface area contributed by atoms with E-state index in [0.717, 1.165) is 5.69 Å². The molecule has 1 heterocycles. The van der Waals surface area contributed by atoms with Crippen molar-refractivity contribution in [2.24, 2.45) is 0 Å². The van der Waals surface area contributed by atoms with Crippen molar-refractivity contribution in [1.29, 1.82) is 0 Å². The minimum atomic E-state index is -0.206. The highest BCUT2D eigenvalue weighted by Gasteiger charge is 2.06. The van der Waals surface area contributed by atoms with Crippen LogP contribution in [0.15, 0.2) is 10.9 Å². The number of hydrogen-bond acceptors (Lipinski definition) is 2. The van der Waals surface area contributed by atoms with E-state index in [9.17, 15) is 4.79 Å². The van der Waals surface area contributed by atoms with Crippen molar-refractivity contribution in [2.75, 3.05) is 5.73 Å². The molecule has 12 heavy (non-hydrogen) atoms. The average molecular weight is 187 g/mol. The smallest absolute Gasteiger partial charge is 0.275 e. The van der Waals surface area contributed by atoms with Crippen LogP contribution in [0.2, 0.25) is 5.02 Å². The summed E-state index contributed by atoms with van der Waals surface area (Å²) >= 11 is 5.71. The summed E-state index contributed by atoms with van der Waals surface area (Å²) in [6.07, 6.45) is 0. The molecule has 0 fully saturated rings. The van der Waals surface area contributed by atoms with Gasteiger partial charge in [0.15, 0.2) is 0 Å². The van der Waals surface area contributed by atoms with Crippen LogP contribution in [0.3, 0.4) is 0 Å². The number of rotatable bonds is 1. The first-order chi connectivity index (χ1) is 5.57. The molecule has 0 amide bonds. The van der Waals surface area contributed by atoms with Crippen LogP contribution in [-0.2, 0) is 6.54 Å². The van der Waals surface area contributed by atoms with Crippen LogP contribution in [0.1, 0.15) is 12.6 Å². The van der Waals surface area contributed by atoms with E-state index in [4.69, 9.17) is 17.3 Å². The Hall–Kier alpha value is -0.960. The molecule has 4 heteroatoms. The molecule has 0 unspecified atom stereocenters. The summed E-state index contributed by atoms with van der Waals surface area (Å²) < 4.78 is 1.58. The number of nitrogen functional groups attached to an aromatic ring is 1. The number of nitrogens with two attached hydrogens (primary N) is 1. The Labute approximate surface area is 75.8 Å². The molecule has 2 N–H and O–H groups in total. The zero-order chi connectivity index (χ0) is 9.30. The van der Waals surface area contributed by atoms with E-state index in [1.54, 1.807) is 10.6 Å². The van der Waals surface area contributed by atoms with Gasteiger partial charge in [0.2, 0.25) is 0 Å². The fraction of sp³-hybridized carbons (Fsp3) is 0.375. The van der Waals surface area contributed by atoms with E-state index in [-0.39, 0.29) is 11.2 Å². The summed E-state index contributed by atoms with van der Waals surface area (Å²) in [7, 11) is 0. The van der Waals surface area contributed by atoms with Crippen molar-refractivity contribution < 1.29 is 0 Å². The zero-order valence-corrected chi connectivity index (χ0v) is 7.85. The van der Waals surface area contributed by atoms with Crippen molar-refractivity contribution in [3.05, 3.63) is 27.1 Å². The van der Waals surface area contributed by atoms with Gasteiger partial charge in [0.25, 0.3) is 5.56 Å². The maximum atomic E-state index is 11.4. The zero-order valence-electron chi connectivity index (χ0n) is 7.10. The predicted octanol–water partition coefficient (Wildman–Crippen LogP) is 1.41. The minimum Gasteiger partial charge on any atom is -0.393 e. The molecule has 3 nitrogen and oxygen atoms in total. The van der Waals surface area contributed by atoms with E-state index in [1.807, 2.05) is 13.8 Å². The van der Waals surface area contributed by atoms with Crippen molar-refractivity contribution in [1.82, 2.24) is 4.57 Å². The highest BCUT2D eigenvalue weighted by Crippen LogP contribution is 2.14. The Morgan fingerprint density at radius 3 is 2.75 bits per heavy atom.